The van der Waals surface area contributed by atoms with Crippen LogP contribution >= 0.6 is 28.3 Å². The monoisotopic (exact) mass is 329 g/mol. The number of aliphatic hydroxyl groups excluding tert-OH is 1. The minimum absolute atomic E-state index is 0. The first-order valence-corrected chi connectivity index (χ1v) is 5.72. The second-order valence-electron chi connectivity index (χ2n) is 4.02. The van der Waals surface area contributed by atoms with Crippen LogP contribution < -0.4 is 5.73 Å². The minimum atomic E-state index is -1.07. The van der Waals surface area contributed by atoms with Gasteiger partial charge in [0, 0.05) is 5.56 Å². The van der Waals surface area contributed by atoms with Crippen molar-refractivity contribution in [1.29, 1.82) is 0 Å². The fourth-order valence-electron chi connectivity index (χ4n) is 1.43. The molecular formula is C11H15BrClF2NO. The van der Waals surface area contributed by atoms with E-state index in [1.807, 2.05) is 0 Å². The van der Waals surface area contributed by atoms with Crippen molar-refractivity contribution in [2.45, 2.75) is 26.0 Å². The molecule has 1 aromatic rings. The van der Waals surface area contributed by atoms with Gasteiger partial charge in [-0.1, -0.05) is 13.8 Å². The molecule has 0 aromatic heterocycles. The molecule has 0 aliphatic heterocycles. The van der Waals surface area contributed by atoms with Crippen molar-refractivity contribution >= 4 is 28.3 Å². The van der Waals surface area contributed by atoms with E-state index in [4.69, 9.17) is 5.73 Å². The van der Waals surface area contributed by atoms with Crippen molar-refractivity contribution in [3.8, 4) is 0 Å². The Labute approximate surface area is 114 Å². The first-order valence-electron chi connectivity index (χ1n) is 4.93. The molecule has 2 atom stereocenters. The summed E-state index contributed by atoms with van der Waals surface area (Å²) in [6.45, 7) is 3.47. The van der Waals surface area contributed by atoms with Crippen LogP contribution in [0.3, 0.4) is 0 Å². The smallest absolute Gasteiger partial charge is 0.145 e. The number of aliphatic hydroxyl groups is 1. The fourth-order valence-corrected chi connectivity index (χ4v) is 1.78. The summed E-state index contributed by atoms with van der Waals surface area (Å²) in [6.07, 6.45) is -0.988. The van der Waals surface area contributed by atoms with Crippen LogP contribution in [0.2, 0.25) is 0 Å². The van der Waals surface area contributed by atoms with E-state index in [0.717, 1.165) is 6.07 Å². The summed E-state index contributed by atoms with van der Waals surface area (Å²) in [5, 5.41) is 9.71. The van der Waals surface area contributed by atoms with Crippen LogP contribution in [-0.2, 0) is 0 Å². The summed E-state index contributed by atoms with van der Waals surface area (Å²) >= 11 is 2.96. The second kappa shape index (κ2) is 6.64. The molecule has 0 bridgehead atoms. The highest BCUT2D eigenvalue weighted by Crippen LogP contribution is 2.28. The van der Waals surface area contributed by atoms with E-state index < -0.39 is 23.8 Å². The fraction of sp³-hybridized carbons (Fsp3) is 0.455. The third kappa shape index (κ3) is 3.61. The summed E-state index contributed by atoms with van der Waals surface area (Å²) < 4.78 is 27.2. The predicted molar refractivity (Wildman–Crippen MR) is 69.1 cm³/mol. The van der Waals surface area contributed by atoms with Gasteiger partial charge in [-0.15, -0.1) is 12.4 Å². The summed E-state index contributed by atoms with van der Waals surface area (Å²) in [7, 11) is 0. The van der Waals surface area contributed by atoms with Crippen LogP contribution in [0.5, 0.6) is 0 Å². The summed E-state index contributed by atoms with van der Waals surface area (Å²) in [6, 6.07) is 1.32. The van der Waals surface area contributed by atoms with Crippen molar-refractivity contribution in [3.63, 3.8) is 0 Å². The molecule has 2 nitrogen and oxygen atoms in total. The minimum Gasteiger partial charge on any atom is -0.391 e. The normalized spacial score (nSPS) is 14.4. The quantitative estimate of drug-likeness (QED) is 0.836. The molecule has 0 amide bonds. The van der Waals surface area contributed by atoms with Crippen molar-refractivity contribution in [1.82, 2.24) is 0 Å². The van der Waals surface area contributed by atoms with Crippen molar-refractivity contribution in [2.75, 3.05) is 0 Å². The molecule has 1 rings (SSSR count). The summed E-state index contributed by atoms with van der Waals surface area (Å²) in [5.41, 5.74) is 5.38. The largest absolute Gasteiger partial charge is 0.391 e. The number of benzene rings is 1. The zero-order valence-electron chi connectivity index (χ0n) is 9.45. The van der Waals surface area contributed by atoms with E-state index >= 15 is 0 Å². The molecule has 0 radical (unpaired) electrons. The Hall–Kier alpha value is -0.230. The first kappa shape index (κ1) is 16.8. The lowest BCUT2D eigenvalue weighted by Crippen LogP contribution is -2.32. The Morgan fingerprint density at radius 2 is 1.82 bits per heavy atom. The third-order valence-electron chi connectivity index (χ3n) is 2.46. The lowest BCUT2D eigenvalue weighted by Gasteiger charge is -2.23. The summed E-state index contributed by atoms with van der Waals surface area (Å²) in [4.78, 5) is 0. The molecule has 0 fully saturated rings. The first-order chi connectivity index (χ1) is 7.36. The molecule has 0 saturated heterocycles. The molecule has 98 valence electrons. The zero-order chi connectivity index (χ0) is 12.5. The van der Waals surface area contributed by atoms with Crippen molar-refractivity contribution in [3.05, 3.63) is 33.8 Å². The number of nitrogens with two attached hydrogens (primary N) is 1. The standard InChI is InChI=1S/C11H14BrF2NO.ClH/c1-5(2)11(16)10(15)8-7(13)4-3-6(12)9(8)14;/h3-5,10-11,16H,15H2,1-2H3;1H/t10-,11+;/m1./s1. The van der Waals surface area contributed by atoms with E-state index in [-0.39, 0.29) is 28.4 Å². The molecule has 1 aromatic carbocycles. The van der Waals surface area contributed by atoms with E-state index in [0.29, 0.717) is 0 Å². The highest BCUT2D eigenvalue weighted by molar-refractivity contribution is 9.10. The van der Waals surface area contributed by atoms with Gasteiger partial charge in [-0.2, -0.15) is 0 Å². The van der Waals surface area contributed by atoms with Crippen LogP contribution in [0.25, 0.3) is 0 Å². The number of hydrogen-bond acceptors (Lipinski definition) is 2. The van der Waals surface area contributed by atoms with Crippen LogP contribution in [0.15, 0.2) is 16.6 Å². The lowest BCUT2D eigenvalue weighted by molar-refractivity contribution is 0.0951. The lowest BCUT2D eigenvalue weighted by atomic mass is 9.94. The van der Waals surface area contributed by atoms with Crippen LogP contribution in [-0.4, -0.2) is 11.2 Å². The predicted octanol–water partition coefficient (Wildman–Crippen LogP) is 3.17. The highest BCUT2D eigenvalue weighted by Gasteiger charge is 2.26. The molecule has 3 N–H and O–H groups in total. The molecule has 17 heavy (non-hydrogen) atoms. The SMILES string of the molecule is CC(C)[C@H](O)[C@H](N)c1c(F)ccc(Br)c1F.Cl. The molecule has 0 saturated carbocycles. The van der Waals surface area contributed by atoms with Crippen LogP contribution in [0.1, 0.15) is 25.5 Å². The molecular weight excluding hydrogens is 315 g/mol. The molecule has 0 aliphatic rings. The molecule has 0 heterocycles. The zero-order valence-corrected chi connectivity index (χ0v) is 11.9. The van der Waals surface area contributed by atoms with Gasteiger partial charge in [0.1, 0.15) is 11.6 Å². The Balaban J connectivity index is 0.00000256. The van der Waals surface area contributed by atoms with Gasteiger partial charge in [0.25, 0.3) is 0 Å². The van der Waals surface area contributed by atoms with Crippen molar-refractivity contribution in [2.24, 2.45) is 11.7 Å². The number of halogens is 4. The van der Waals surface area contributed by atoms with Crippen molar-refractivity contribution < 1.29 is 13.9 Å². The van der Waals surface area contributed by atoms with Gasteiger partial charge in [0.2, 0.25) is 0 Å². The van der Waals surface area contributed by atoms with E-state index in [1.165, 1.54) is 6.07 Å². The Kier molecular flexibility index (Phi) is 6.55. The maximum atomic E-state index is 13.7. The van der Waals surface area contributed by atoms with Gasteiger partial charge >= 0.3 is 0 Å². The average molecular weight is 331 g/mol. The van der Waals surface area contributed by atoms with Gasteiger partial charge in [0.15, 0.2) is 0 Å². The van der Waals surface area contributed by atoms with Gasteiger partial charge in [-0.25, -0.2) is 8.78 Å². The molecule has 0 spiro atoms. The van der Waals surface area contributed by atoms with E-state index in [1.54, 1.807) is 13.8 Å². The van der Waals surface area contributed by atoms with Gasteiger partial charge in [-0.05, 0) is 34.0 Å². The van der Waals surface area contributed by atoms with E-state index in [9.17, 15) is 13.9 Å². The Morgan fingerprint density at radius 3 is 2.29 bits per heavy atom. The third-order valence-corrected chi connectivity index (χ3v) is 3.08. The van der Waals surface area contributed by atoms with Gasteiger partial charge < -0.3 is 10.8 Å². The van der Waals surface area contributed by atoms with Crippen LogP contribution in [0.4, 0.5) is 8.78 Å². The Bertz CT molecular complexity index is 390. The van der Waals surface area contributed by atoms with E-state index in [2.05, 4.69) is 15.9 Å². The molecule has 0 unspecified atom stereocenters. The Morgan fingerprint density at radius 1 is 1.29 bits per heavy atom. The maximum Gasteiger partial charge on any atom is 0.145 e. The average Bonchev–Trinajstić information content (AvgIpc) is 2.22. The molecule has 0 aliphatic carbocycles. The number of rotatable bonds is 3. The van der Waals surface area contributed by atoms with Crippen LogP contribution in [0, 0.1) is 17.6 Å². The second-order valence-corrected chi connectivity index (χ2v) is 4.87. The topological polar surface area (TPSA) is 46.2 Å². The highest BCUT2D eigenvalue weighted by atomic mass is 79.9. The number of hydrogen-bond donors (Lipinski definition) is 2. The maximum absolute atomic E-state index is 13.7. The molecule has 6 heteroatoms. The van der Waals surface area contributed by atoms with Gasteiger partial charge in [0.05, 0.1) is 16.6 Å². The summed E-state index contributed by atoms with van der Waals surface area (Å²) in [5.74, 6) is -1.67. The van der Waals surface area contributed by atoms with Gasteiger partial charge in [-0.3, -0.25) is 0 Å².